The molecule has 7 rings (SSSR count). The Balaban J connectivity index is 0.000000188. The second kappa shape index (κ2) is 11.0. The summed E-state index contributed by atoms with van der Waals surface area (Å²) in [7, 11) is 0. The van der Waals surface area contributed by atoms with Gasteiger partial charge in [0, 0.05) is 60.2 Å². The van der Waals surface area contributed by atoms with Gasteiger partial charge in [-0.1, -0.05) is 47.9 Å². The van der Waals surface area contributed by atoms with Crippen LogP contribution in [0.15, 0.2) is 97.3 Å². The van der Waals surface area contributed by atoms with E-state index in [2.05, 4.69) is 52.4 Å². The quantitative estimate of drug-likeness (QED) is 0.169. The Labute approximate surface area is 246 Å². The van der Waals surface area contributed by atoms with Crippen molar-refractivity contribution in [3.63, 3.8) is 0 Å². The van der Waals surface area contributed by atoms with Gasteiger partial charge in [-0.15, -0.1) is 71.0 Å². The van der Waals surface area contributed by atoms with Crippen LogP contribution in [0.2, 0.25) is 0 Å². The zero-order valence-corrected chi connectivity index (χ0v) is 23.3. The molecule has 183 valence electrons. The molecule has 1 radical (unpaired) electrons. The van der Waals surface area contributed by atoms with Gasteiger partial charge < -0.3 is 9.97 Å². The summed E-state index contributed by atoms with van der Waals surface area (Å²) in [5.74, 6) is 0. The van der Waals surface area contributed by atoms with Gasteiger partial charge in [0.05, 0.1) is 0 Å². The second-order valence-corrected chi connectivity index (χ2v) is 10.2. The zero-order valence-electron chi connectivity index (χ0n) is 25.3. The average Bonchev–Trinajstić information content (AvgIpc) is 3.54. The van der Waals surface area contributed by atoms with Gasteiger partial charge >= 0.3 is 0 Å². The van der Waals surface area contributed by atoms with E-state index in [-0.39, 0.29) is 31.2 Å². The fourth-order valence-electron chi connectivity index (χ4n) is 4.01. The van der Waals surface area contributed by atoms with E-state index < -0.39 is 13.7 Å². The molecule has 5 heteroatoms. The minimum absolute atomic E-state index is 0. The fraction of sp³-hybridized carbons (Fsp3) is 0.0625. The summed E-state index contributed by atoms with van der Waals surface area (Å²) in [5.41, 5.74) is 3.78. The van der Waals surface area contributed by atoms with Gasteiger partial charge in [-0.25, -0.2) is 0 Å². The second-order valence-electron chi connectivity index (χ2n) is 8.09. The minimum atomic E-state index is -2.13. The number of benzene rings is 3. The number of rotatable bonds is 2. The summed E-state index contributed by atoms with van der Waals surface area (Å²) in [6, 6.07) is 33.0. The molecule has 0 bridgehead atoms. The summed E-state index contributed by atoms with van der Waals surface area (Å²) < 4.78 is 49.2. The maximum atomic E-state index is 7.50. The van der Waals surface area contributed by atoms with Gasteiger partial charge in [0.2, 0.25) is 0 Å². The normalized spacial score (nSPS) is 13.8. The van der Waals surface area contributed by atoms with Gasteiger partial charge in [-0.05, 0) is 47.0 Å². The first-order chi connectivity index (χ1) is 20.1. The van der Waals surface area contributed by atoms with Gasteiger partial charge in [0.25, 0.3) is 0 Å². The Morgan fingerprint density at radius 2 is 1.38 bits per heavy atom. The maximum Gasteiger partial charge on any atom is 0.0426 e. The molecule has 4 heterocycles. The molecule has 0 amide bonds. The smallest absolute Gasteiger partial charge is 0.0426 e. The molecule has 2 nitrogen and oxygen atoms in total. The molecule has 3 aromatic carbocycles. The third-order valence-electron chi connectivity index (χ3n) is 5.72. The van der Waals surface area contributed by atoms with E-state index in [1.807, 2.05) is 35.6 Å². The van der Waals surface area contributed by atoms with Crippen LogP contribution < -0.4 is 0 Å². The van der Waals surface area contributed by atoms with Crippen LogP contribution in [-0.4, -0.2) is 9.97 Å². The number of nitrogens with zero attached hydrogens (tertiary/aromatic N) is 2. The van der Waals surface area contributed by atoms with Crippen LogP contribution in [0.5, 0.6) is 0 Å². The number of thiophene rings is 2. The van der Waals surface area contributed by atoms with E-state index in [9.17, 15) is 0 Å². The van der Waals surface area contributed by atoms with E-state index in [0.717, 1.165) is 27.2 Å². The van der Waals surface area contributed by atoms with Crippen molar-refractivity contribution in [2.24, 2.45) is 0 Å². The van der Waals surface area contributed by atoms with Crippen molar-refractivity contribution >= 4 is 52.2 Å². The first-order valence-corrected chi connectivity index (χ1v) is 12.9. The molecule has 0 aliphatic carbocycles. The Kier molecular flexibility index (Phi) is 5.65. The summed E-state index contributed by atoms with van der Waals surface area (Å²) >= 11 is 3.57. The van der Waals surface area contributed by atoms with Gasteiger partial charge in [0.1, 0.15) is 0 Å². The molecule has 0 saturated heterocycles. The number of hydrogen-bond donors (Lipinski definition) is 0. The van der Waals surface area contributed by atoms with Crippen LogP contribution in [0.4, 0.5) is 0 Å². The van der Waals surface area contributed by atoms with E-state index in [0.29, 0.717) is 0 Å². The Hall–Kier alpha value is -3.21. The molecule has 0 aliphatic rings. The van der Waals surface area contributed by atoms with E-state index in [1.165, 1.54) is 37.3 Å². The predicted molar refractivity (Wildman–Crippen MR) is 155 cm³/mol. The van der Waals surface area contributed by atoms with Gasteiger partial charge in [0.15, 0.2) is 0 Å². The molecular formula is C32H22IrN2S2-2. The molecule has 0 spiro atoms. The van der Waals surface area contributed by atoms with Crippen molar-refractivity contribution in [1.82, 2.24) is 9.97 Å². The van der Waals surface area contributed by atoms with Crippen LogP contribution >= 0.6 is 22.7 Å². The van der Waals surface area contributed by atoms with Crippen molar-refractivity contribution in [3.8, 4) is 22.5 Å². The SMILES string of the molecule is [2H]C([2H])([2H])c1ccc(-c2[c-]ccc3c2sc2c4ccccc4sc32)nc1.[2H]C([2H])([2H])c1ccc(-c2[c-]cccc2)nc1.[Ir]. The third-order valence-corrected chi connectivity index (χ3v) is 8.31. The largest absolute Gasteiger partial charge is 0.304 e. The van der Waals surface area contributed by atoms with Crippen molar-refractivity contribution in [1.29, 1.82) is 0 Å². The van der Waals surface area contributed by atoms with Crippen molar-refractivity contribution in [2.75, 3.05) is 0 Å². The van der Waals surface area contributed by atoms with Crippen molar-refractivity contribution < 1.29 is 28.3 Å². The molecule has 4 aromatic heterocycles. The number of pyridine rings is 2. The van der Waals surface area contributed by atoms with Crippen molar-refractivity contribution in [2.45, 2.75) is 13.7 Å². The summed E-state index contributed by atoms with van der Waals surface area (Å²) in [6.45, 7) is -4.22. The van der Waals surface area contributed by atoms with Crippen LogP contribution in [0.1, 0.15) is 19.4 Å². The van der Waals surface area contributed by atoms with Crippen LogP contribution in [0.25, 0.3) is 52.1 Å². The molecular weight excluding hydrogens is 669 g/mol. The average molecular weight is 697 g/mol. The van der Waals surface area contributed by atoms with E-state index in [1.54, 1.807) is 41.7 Å². The first kappa shape index (κ1) is 18.9. The van der Waals surface area contributed by atoms with Crippen LogP contribution in [-0.2, 0) is 20.1 Å². The van der Waals surface area contributed by atoms with Crippen molar-refractivity contribution in [3.05, 3.63) is 121 Å². The Morgan fingerprint density at radius 1 is 0.649 bits per heavy atom. The maximum absolute atomic E-state index is 7.50. The Bertz CT molecular complexity index is 2000. The summed E-state index contributed by atoms with van der Waals surface area (Å²) in [5, 5.41) is 2.49. The molecule has 37 heavy (non-hydrogen) atoms. The number of fused-ring (bicyclic) bond motifs is 5. The van der Waals surface area contributed by atoms with E-state index >= 15 is 0 Å². The standard InChI is InChI=1S/C20H12NS2.C12H10N.Ir/c1-12-9-10-16(21-11-12)13-6-4-7-15-18(13)23-19-14-5-2-3-8-17(14)22-20(15)19;1-10-7-8-12(13-9-10)11-5-3-2-4-6-11;/h2-5,7-11H,1H3;2-5,7-9H,1H3;/q2*-1;/i2*1D3;. The first-order valence-electron chi connectivity index (χ1n) is 14.2. The van der Waals surface area contributed by atoms with Crippen LogP contribution in [0, 0.1) is 25.8 Å². The van der Waals surface area contributed by atoms with Crippen LogP contribution in [0.3, 0.4) is 0 Å². The number of hydrogen-bond acceptors (Lipinski definition) is 4. The Morgan fingerprint density at radius 3 is 2.08 bits per heavy atom. The molecule has 0 aliphatic heterocycles. The molecule has 0 atom stereocenters. The fourth-order valence-corrected chi connectivity index (χ4v) is 6.76. The van der Waals surface area contributed by atoms with Gasteiger partial charge in [-0.2, -0.15) is 11.3 Å². The number of aromatic nitrogens is 2. The molecule has 0 N–H and O–H groups in total. The number of aryl methyl sites for hydroxylation is 2. The molecule has 0 unspecified atom stereocenters. The topological polar surface area (TPSA) is 25.8 Å². The van der Waals surface area contributed by atoms with Gasteiger partial charge in [-0.3, -0.25) is 0 Å². The molecule has 7 aromatic rings. The van der Waals surface area contributed by atoms with E-state index in [4.69, 9.17) is 8.22 Å². The summed E-state index contributed by atoms with van der Waals surface area (Å²) in [4.78, 5) is 8.53. The molecule has 0 fully saturated rings. The molecule has 0 saturated carbocycles. The summed E-state index contributed by atoms with van der Waals surface area (Å²) in [6.07, 6.45) is 2.84. The monoisotopic (exact) mass is 697 g/mol. The zero-order chi connectivity index (χ0) is 29.5. The predicted octanol–water partition coefficient (Wildman–Crippen LogP) is 9.29. The third kappa shape index (κ3) is 5.14. The minimum Gasteiger partial charge on any atom is -0.304 e.